The third kappa shape index (κ3) is 5.53. The van der Waals surface area contributed by atoms with Gasteiger partial charge in [-0.2, -0.15) is 13.9 Å². The van der Waals surface area contributed by atoms with Gasteiger partial charge in [0.1, 0.15) is 0 Å². The van der Waals surface area contributed by atoms with E-state index in [1.807, 2.05) is 26.0 Å². The Kier molecular flexibility index (Phi) is 6.64. The molecule has 168 valence electrons. The summed E-state index contributed by atoms with van der Waals surface area (Å²) in [7, 11) is 0. The number of amides is 1. The molecule has 0 aliphatic heterocycles. The smallest absolute Gasteiger partial charge is 0.288 e. The van der Waals surface area contributed by atoms with E-state index in [-0.39, 0.29) is 10.5 Å². The molecule has 0 saturated carbocycles. The van der Waals surface area contributed by atoms with Gasteiger partial charge in [-0.1, -0.05) is 23.9 Å². The van der Waals surface area contributed by atoms with Crippen LogP contribution in [0.15, 0.2) is 71.6 Å². The monoisotopic (exact) mass is 466 g/mol. The van der Waals surface area contributed by atoms with Gasteiger partial charge in [0, 0.05) is 22.0 Å². The molecule has 0 bridgehead atoms. The molecule has 0 atom stereocenters. The number of hydrogen-bond donors (Lipinski definition) is 2. The van der Waals surface area contributed by atoms with Crippen LogP contribution in [0.5, 0.6) is 0 Å². The van der Waals surface area contributed by atoms with Crippen LogP contribution in [0.25, 0.3) is 5.82 Å². The van der Waals surface area contributed by atoms with Crippen molar-refractivity contribution < 1.29 is 13.6 Å². The molecule has 2 heterocycles. The van der Waals surface area contributed by atoms with E-state index in [1.165, 1.54) is 12.1 Å². The Morgan fingerprint density at radius 2 is 1.70 bits per heavy atom. The van der Waals surface area contributed by atoms with Crippen molar-refractivity contribution in [3.63, 3.8) is 0 Å². The number of benzene rings is 2. The summed E-state index contributed by atoms with van der Waals surface area (Å²) >= 11 is 0.347. The fraction of sp³-hybridized carbons (Fsp3) is 0.130. The summed E-state index contributed by atoms with van der Waals surface area (Å²) in [4.78, 5) is 12.8. The quantitative estimate of drug-likeness (QED) is 0.346. The minimum atomic E-state index is -2.60. The average Bonchev–Trinajstić information content (AvgIpc) is 3.13. The van der Waals surface area contributed by atoms with Crippen molar-refractivity contribution in [1.29, 1.82) is 0 Å². The molecule has 2 N–H and O–H groups in total. The predicted molar refractivity (Wildman–Crippen MR) is 125 cm³/mol. The fourth-order valence-electron chi connectivity index (χ4n) is 3.20. The molecule has 0 radical (unpaired) electrons. The highest BCUT2D eigenvalue weighted by Crippen LogP contribution is 2.29. The number of anilines is 3. The summed E-state index contributed by atoms with van der Waals surface area (Å²) in [5.74, 6) is -1.89. The maximum atomic E-state index is 12.8. The van der Waals surface area contributed by atoms with Crippen LogP contribution >= 0.6 is 11.8 Å². The number of aromatic nitrogens is 4. The molecule has 0 aliphatic carbocycles. The van der Waals surface area contributed by atoms with Gasteiger partial charge in [-0.15, -0.1) is 10.2 Å². The molecule has 2 aromatic heterocycles. The van der Waals surface area contributed by atoms with Crippen LogP contribution in [0.3, 0.4) is 0 Å². The van der Waals surface area contributed by atoms with Crippen LogP contribution in [0, 0.1) is 13.8 Å². The number of hydrogen-bond acceptors (Lipinski definition) is 6. The Hall–Kier alpha value is -3.79. The van der Waals surface area contributed by atoms with E-state index in [0.717, 1.165) is 17.1 Å². The van der Waals surface area contributed by atoms with Crippen LogP contribution in [-0.2, 0) is 0 Å². The molecule has 1 amide bonds. The maximum absolute atomic E-state index is 12.8. The molecule has 4 aromatic rings. The van der Waals surface area contributed by atoms with Gasteiger partial charge in [0.05, 0.1) is 11.3 Å². The van der Waals surface area contributed by atoms with E-state index in [0.29, 0.717) is 29.1 Å². The molecular weight excluding hydrogens is 446 g/mol. The zero-order chi connectivity index (χ0) is 23.4. The molecule has 2 aromatic carbocycles. The van der Waals surface area contributed by atoms with Gasteiger partial charge in [0.2, 0.25) is 0 Å². The van der Waals surface area contributed by atoms with Crippen LogP contribution in [0.1, 0.15) is 21.7 Å². The van der Waals surface area contributed by atoms with Crippen LogP contribution in [-0.4, -0.2) is 31.6 Å². The summed E-state index contributed by atoms with van der Waals surface area (Å²) in [6.45, 7) is 3.87. The van der Waals surface area contributed by atoms with Crippen LogP contribution < -0.4 is 10.6 Å². The van der Waals surface area contributed by atoms with Gasteiger partial charge in [0.25, 0.3) is 11.7 Å². The number of halogens is 2. The molecule has 33 heavy (non-hydrogen) atoms. The Morgan fingerprint density at radius 3 is 2.33 bits per heavy atom. The van der Waals surface area contributed by atoms with E-state index in [2.05, 4.69) is 25.9 Å². The van der Waals surface area contributed by atoms with Gasteiger partial charge in [-0.3, -0.25) is 4.79 Å². The summed E-state index contributed by atoms with van der Waals surface area (Å²) in [6, 6.07) is 18.8. The molecule has 0 aliphatic rings. The Morgan fingerprint density at radius 1 is 0.970 bits per heavy atom. The first kappa shape index (κ1) is 22.4. The van der Waals surface area contributed by atoms with Crippen molar-refractivity contribution in [2.75, 3.05) is 10.6 Å². The first-order chi connectivity index (χ1) is 15.9. The standard InChI is InChI=1S/C23H20F2N6OS/c1-14-13-15(2)31(30-14)21-12-11-20(28-29-21)26-16-7-9-17(10-8-16)27-22(32)18-5-3-4-6-19(18)33-23(24)25/h3-13,23H,1-2H3,(H,26,28)(H,27,32). The number of aryl methyl sites for hydroxylation is 2. The van der Waals surface area contributed by atoms with Crippen molar-refractivity contribution in [2.24, 2.45) is 0 Å². The minimum absolute atomic E-state index is 0.197. The van der Waals surface area contributed by atoms with Crippen molar-refractivity contribution in [2.45, 2.75) is 24.5 Å². The molecule has 0 saturated heterocycles. The van der Waals surface area contributed by atoms with Crippen LogP contribution in [0.2, 0.25) is 0 Å². The second kappa shape index (κ2) is 9.78. The lowest BCUT2D eigenvalue weighted by Gasteiger charge is -2.11. The second-order valence-electron chi connectivity index (χ2n) is 7.15. The van der Waals surface area contributed by atoms with Crippen molar-refractivity contribution >= 4 is 34.9 Å². The third-order valence-corrected chi connectivity index (χ3v) is 5.43. The van der Waals surface area contributed by atoms with Gasteiger partial charge >= 0.3 is 0 Å². The SMILES string of the molecule is Cc1cc(C)n(-c2ccc(Nc3ccc(NC(=O)c4ccccc4SC(F)F)cc3)nn2)n1. The summed E-state index contributed by atoms with van der Waals surface area (Å²) in [5.41, 5.74) is 3.35. The lowest BCUT2D eigenvalue weighted by atomic mass is 10.2. The van der Waals surface area contributed by atoms with Gasteiger partial charge in [0.15, 0.2) is 11.6 Å². The van der Waals surface area contributed by atoms with E-state index in [9.17, 15) is 13.6 Å². The molecule has 0 spiro atoms. The molecule has 0 fully saturated rings. The van der Waals surface area contributed by atoms with Crippen molar-refractivity contribution in [1.82, 2.24) is 20.0 Å². The predicted octanol–water partition coefficient (Wildman–Crippen LogP) is 5.59. The van der Waals surface area contributed by atoms with Gasteiger partial charge in [-0.05, 0) is 68.4 Å². The number of alkyl halides is 2. The van der Waals surface area contributed by atoms with Crippen molar-refractivity contribution in [3.05, 3.63) is 83.7 Å². The summed E-state index contributed by atoms with van der Waals surface area (Å²) < 4.78 is 27.2. The second-order valence-corrected chi connectivity index (χ2v) is 8.18. The average molecular weight is 467 g/mol. The number of nitrogens with zero attached hydrogens (tertiary/aromatic N) is 4. The number of thioether (sulfide) groups is 1. The first-order valence-electron chi connectivity index (χ1n) is 9.99. The molecule has 0 unspecified atom stereocenters. The summed E-state index contributed by atoms with van der Waals surface area (Å²) in [5, 5.41) is 18.7. The highest BCUT2D eigenvalue weighted by atomic mass is 32.2. The highest BCUT2D eigenvalue weighted by molar-refractivity contribution is 7.99. The normalized spacial score (nSPS) is 10.9. The lowest BCUT2D eigenvalue weighted by molar-refractivity contribution is 0.102. The van der Waals surface area contributed by atoms with Gasteiger partial charge < -0.3 is 10.6 Å². The molecule has 7 nitrogen and oxygen atoms in total. The zero-order valence-electron chi connectivity index (χ0n) is 17.8. The molecule has 10 heteroatoms. The number of nitrogens with one attached hydrogen (secondary N) is 2. The Bertz CT molecular complexity index is 1260. The van der Waals surface area contributed by atoms with Crippen LogP contribution in [0.4, 0.5) is 26.0 Å². The topological polar surface area (TPSA) is 84.7 Å². The fourth-order valence-corrected chi connectivity index (χ4v) is 3.84. The summed E-state index contributed by atoms with van der Waals surface area (Å²) in [6.07, 6.45) is 0. The van der Waals surface area contributed by atoms with Crippen molar-refractivity contribution in [3.8, 4) is 5.82 Å². The van der Waals surface area contributed by atoms with E-state index >= 15 is 0 Å². The third-order valence-electron chi connectivity index (χ3n) is 4.64. The highest BCUT2D eigenvalue weighted by Gasteiger charge is 2.15. The largest absolute Gasteiger partial charge is 0.339 e. The lowest BCUT2D eigenvalue weighted by Crippen LogP contribution is -2.13. The zero-order valence-corrected chi connectivity index (χ0v) is 18.6. The molecular formula is C23H20F2N6OS. The minimum Gasteiger partial charge on any atom is -0.339 e. The van der Waals surface area contributed by atoms with Gasteiger partial charge in [-0.25, -0.2) is 4.68 Å². The van der Waals surface area contributed by atoms with E-state index in [4.69, 9.17) is 0 Å². The number of rotatable bonds is 7. The number of carbonyl (C=O) groups excluding carboxylic acids is 1. The Balaban J connectivity index is 1.41. The van der Waals surface area contributed by atoms with E-state index in [1.54, 1.807) is 47.1 Å². The maximum Gasteiger partial charge on any atom is 0.288 e. The molecule has 4 rings (SSSR count). The van der Waals surface area contributed by atoms with E-state index < -0.39 is 11.7 Å². The first-order valence-corrected chi connectivity index (χ1v) is 10.9. The number of carbonyl (C=O) groups is 1. The Labute approximate surface area is 193 Å².